The molecule has 0 aliphatic rings. The first-order valence-corrected chi connectivity index (χ1v) is 6.56. The number of phenols is 1. The first-order valence-electron chi connectivity index (χ1n) is 3.70. The van der Waals surface area contributed by atoms with Gasteiger partial charge in [0.15, 0.2) is 0 Å². The Balaban J connectivity index is 3.27. The van der Waals surface area contributed by atoms with Crippen molar-refractivity contribution >= 4 is 31.3 Å². The van der Waals surface area contributed by atoms with Gasteiger partial charge >= 0.3 is 0 Å². The Labute approximate surface area is 91.7 Å². The lowest BCUT2D eigenvalue weighted by Crippen LogP contribution is -1.97. The monoisotopic (exact) mass is 254 g/mol. The molecule has 0 saturated heterocycles. The van der Waals surface area contributed by atoms with Crippen LogP contribution in [-0.2, 0) is 14.8 Å². The van der Waals surface area contributed by atoms with E-state index in [4.69, 9.17) is 22.3 Å². The van der Waals surface area contributed by atoms with Crippen LogP contribution in [0.15, 0.2) is 12.1 Å². The van der Waals surface area contributed by atoms with Gasteiger partial charge in [-0.25, -0.2) is 8.42 Å². The van der Waals surface area contributed by atoms with E-state index in [1.165, 1.54) is 6.07 Å². The van der Waals surface area contributed by atoms with Crippen LogP contribution in [0.4, 0.5) is 0 Å². The third kappa shape index (κ3) is 2.77. The van der Waals surface area contributed by atoms with Crippen LogP contribution < -0.4 is 0 Å². The summed E-state index contributed by atoms with van der Waals surface area (Å²) in [7, 11) is 1.36. The number of aromatic hydroxyl groups is 1. The largest absolute Gasteiger partial charge is 0.508 e. The molecule has 3 nitrogen and oxygen atoms in total. The van der Waals surface area contributed by atoms with Gasteiger partial charge in [0.25, 0.3) is 0 Å². The van der Waals surface area contributed by atoms with Crippen LogP contribution in [0.3, 0.4) is 0 Å². The lowest BCUT2D eigenvalue weighted by Gasteiger charge is -2.07. The minimum Gasteiger partial charge on any atom is -0.508 e. The fourth-order valence-electron chi connectivity index (χ4n) is 1.04. The van der Waals surface area contributed by atoms with Gasteiger partial charge in [0, 0.05) is 16.2 Å². The molecule has 1 aromatic carbocycles. The van der Waals surface area contributed by atoms with Gasteiger partial charge in [-0.3, -0.25) is 0 Å². The van der Waals surface area contributed by atoms with Crippen LogP contribution in [0.5, 0.6) is 5.75 Å². The van der Waals surface area contributed by atoms with E-state index in [1.807, 2.05) is 0 Å². The fraction of sp³-hybridized carbons (Fsp3) is 0.250. The average molecular weight is 255 g/mol. The van der Waals surface area contributed by atoms with Gasteiger partial charge in [-0.15, -0.1) is 0 Å². The van der Waals surface area contributed by atoms with E-state index < -0.39 is 14.8 Å². The third-order valence-electron chi connectivity index (χ3n) is 1.73. The van der Waals surface area contributed by atoms with Gasteiger partial charge in [-0.05, 0) is 18.6 Å². The van der Waals surface area contributed by atoms with Crippen LogP contribution in [0.2, 0.25) is 5.02 Å². The molecule has 0 aliphatic heterocycles. The van der Waals surface area contributed by atoms with Gasteiger partial charge in [-0.2, -0.15) is 0 Å². The molecule has 1 aromatic rings. The Morgan fingerprint density at radius 3 is 2.50 bits per heavy atom. The van der Waals surface area contributed by atoms with Crippen molar-refractivity contribution in [3.8, 4) is 5.75 Å². The summed E-state index contributed by atoms with van der Waals surface area (Å²) in [5, 5.41) is 9.60. The molecule has 1 N–H and O–H groups in total. The molecule has 0 fully saturated rings. The Morgan fingerprint density at radius 2 is 2.00 bits per heavy atom. The summed E-state index contributed by atoms with van der Waals surface area (Å²) < 4.78 is 21.6. The molecule has 6 heteroatoms. The second-order valence-corrected chi connectivity index (χ2v) is 6.03. The van der Waals surface area contributed by atoms with Crippen LogP contribution in [0.1, 0.15) is 11.1 Å². The van der Waals surface area contributed by atoms with E-state index in [1.54, 1.807) is 13.0 Å². The first kappa shape index (κ1) is 11.6. The lowest BCUT2D eigenvalue weighted by atomic mass is 10.1. The van der Waals surface area contributed by atoms with Crippen molar-refractivity contribution in [3.05, 3.63) is 28.3 Å². The third-order valence-corrected chi connectivity index (χ3v) is 3.22. The molecular formula is C8H8Cl2O3S. The molecule has 0 bridgehead atoms. The maximum Gasteiger partial charge on any atom is 0.236 e. The van der Waals surface area contributed by atoms with E-state index in [9.17, 15) is 13.5 Å². The smallest absolute Gasteiger partial charge is 0.236 e. The van der Waals surface area contributed by atoms with E-state index in [-0.39, 0.29) is 16.3 Å². The highest BCUT2D eigenvalue weighted by Gasteiger charge is 2.15. The molecule has 0 amide bonds. The SMILES string of the molecule is Cc1ccc(O)c(CS(=O)(=O)Cl)c1Cl. The summed E-state index contributed by atoms with van der Waals surface area (Å²) >= 11 is 5.82. The molecule has 0 unspecified atom stereocenters. The zero-order chi connectivity index (χ0) is 10.9. The van der Waals surface area contributed by atoms with E-state index in [0.717, 1.165) is 0 Å². The first-order chi connectivity index (χ1) is 6.31. The topological polar surface area (TPSA) is 54.4 Å². The van der Waals surface area contributed by atoms with Crippen LogP contribution in [0.25, 0.3) is 0 Å². The standard InChI is InChI=1S/C8H8Cl2O3S/c1-5-2-3-7(11)6(8(5)9)4-14(10,12)13/h2-3,11H,4H2,1H3. The van der Waals surface area contributed by atoms with Crippen LogP contribution >= 0.6 is 22.3 Å². The number of halogens is 2. The van der Waals surface area contributed by atoms with Crippen LogP contribution in [-0.4, -0.2) is 13.5 Å². The zero-order valence-electron chi connectivity index (χ0n) is 7.29. The minimum atomic E-state index is -3.71. The van der Waals surface area contributed by atoms with Crippen LogP contribution in [0, 0.1) is 6.92 Å². The highest BCUT2D eigenvalue weighted by molar-refractivity contribution is 8.13. The van der Waals surface area contributed by atoms with E-state index in [0.29, 0.717) is 5.56 Å². The maximum atomic E-state index is 10.8. The normalized spacial score (nSPS) is 11.6. The second kappa shape index (κ2) is 3.96. The Hall–Kier alpha value is -0.450. The maximum absolute atomic E-state index is 10.8. The number of benzene rings is 1. The Morgan fingerprint density at radius 1 is 1.43 bits per heavy atom. The predicted molar refractivity (Wildman–Crippen MR) is 56.3 cm³/mol. The van der Waals surface area contributed by atoms with Gasteiger partial charge in [0.2, 0.25) is 9.05 Å². The minimum absolute atomic E-state index is 0.140. The Kier molecular flexibility index (Phi) is 3.29. The molecule has 0 heterocycles. The fourth-order valence-corrected chi connectivity index (χ4v) is 2.31. The summed E-state index contributed by atoms with van der Waals surface area (Å²) in [6.07, 6.45) is 0. The Bertz CT molecular complexity index is 454. The van der Waals surface area contributed by atoms with Crippen molar-refractivity contribution in [2.75, 3.05) is 0 Å². The van der Waals surface area contributed by atoms with Crippen molar-refractivity contribution in [3.63, 3.8) is 0 Å². The second-order valence-electron chi connectivity index (χ2n) is 2.88. The van der Waals surface area contributed by atoms with Crippen molar-refractivity contribution in [1.29, 1.82) is 0 Å². The highest BCUT2D eigenvalue weighted by atomic mass is 35.7. The summed E-state index contributed by atoms with van der Waals surface area (Å²) in [6.45, 7) is 1.71. The molecule has 1 rings (SSSR count). The summed E-state index contributed by atoms with van der Waals surface area (Å²) in [5.74, 6) is -0.634. The zero-order valence-corrected chi connectivity index (χ0v) is 9.62. The van der Waals surface area contributed by atoms with Gasteiger partial charge in [0.05, 0.1) is 10.8 Å². The number of hydrogen-bond acceptors (Lipinski definition) is 3. The van der Waals surface area contributed by atoms with Gasteiger partial charge in [-0.1, -0.05) is 17.7 Å². The molecule has 0 atom stereocenters. The lowest BCUT2D eigenvalue weighted by molar-refractivity contribution is 0.470. The molecule has 0 aliphatic carbocycles. The molecule has 0 aromatic heterocycles. The van der Waals surface area contributed by atoms with Crippen molar-refractivity contribution in [2.24, 2.45) is 0 Å². The highest BCUT2D eigenvalue weighted by Crippen LogP contribution is 2.30. The molecular weight excluding hydrogens is 247 g/mol. The van der Waals surface area contributed by atoms with E-state index in [2.05, 4.69) is 0 Å². The quantitative estimate of drug-likeness (QED) is 0.825. The van der Waals surface area contributed by atoms with Crippen molar-refractivity contribution < 1.29 is 13.5 Å². The molecule has 0 saturated carbocycles. The number of aryl methyl sites for hydroxylation is 1. The summed E-state index contributed by atoms with van der Waals surface area (Å²) in [5.41, 5.74) is 0.835. The number of hydrogen-bond donors (Lipinski definition) is 1. The predicted octanol–water partition coefficient (Wildman–Crippen LogP) is 2.42. The molecule has 0 radical (unpaired) electrons. The van der Waals surface area contributed by atoms with Crippen molar-refractivity contribution in [2.45, 2.75) is 12.7 Å². The van der Waals surface area contributed by atoms with Gasteiger partial charge in [0.1, 0.15) is 5.75 Å². The van der Waals surface area contributed by atoms with Gasteiger partial charge < -0.3 is 5.11 Å². The number of phenolic OH excluding ortho intramolecular Hbond substituents is 1. The summed E-state index contributed by atoms with van der Waals surface area (Å²) in [6, 6.07) is 2.99. The molecule has 0 spiro atoms. The summed E-state index contributed by atoms with van der Waals surface area (Å²) in [4.78, 5) is 0. The molecule has 14 heavy (non-hydrogen) atoms. The van der Waals surface area contributed by atoms with E-state index >= 15 is 0 Å². The van der Waals surface area contributed by atoms with Crippen molar-refractivity contribution in [1.82, 2.24) is 0 Å². The average Bonchev–Trinajstić information content (AvgIpc) is 2.04. The number of rotatable bonds is 2. The molecule has 78 valence electrons.